The molecular formula is C17H22N4O. The lowest BCUT2D eigenvalue weighted by atomic mass is 10.1. The van der Waals surface area contributed by atoms with Gasteiger partial charge >= 0.3 is 0 Å². The van der Waals surface area contributed by atoms with E-state index in [1.165, 1.54) is 5.56 Å². The Bertz CT molecular complexity index is 630. The van der Waals surface area contributed by atoms with Gasteiger partial charge in [0, 0.05) is 31.4 Å². The molecule has 0 saturated heterocycles. The van der Waals surface area contributed by atoms with Gasteiger partial charge in [0.05, 0.1) is 11.4 Å². The van der Waals surface area contributed by atoms with Crippen LogP contribution in [-0.2, 0) is 19.4 Å². The fourth-order valence-corrected chi connectivity index (χ4v) is 2.74. The Kier molecular flexibility index (Phi) is 4.53. The number of anilines is 1. The smallest absolute Gasteiger partial charge is 0.237 e. The molecule has 116 valence electrons. The van der Waals surface area contributed by atoms with Crippen LogP contribution < -0.4 is 10.5 Å². The zero-order valence-electron chi connectivity index (χ0n) is 13.0. The van der Waals surface area contributed by atoms with Gasteiger partial charge in [-0.1, -0.05) is 13.0 Å². The number of nitrogens with zero attached hydrogens (tertiary/aromatic N) is 3. The molecule has 0 bridgehead atoms. The summed E-state index contributed by atoms with van der Waals surface area (Å²) in [6, 6.07) is 7.78. The Morgan fingerprint density at radius 2 is 2.14 bits per heavy atom. The van der Waals surface area contributed by atoms with E-state index in [2.05, 4.69) is 21.8 Å². The molecule has 2 aromatic heterocycles. The third-order valence-electron chi connectivity index (χ3n) is 4.08. The number of hydrogen-bond donors (Lipinski definition) is 1. The van der Waals surface area contributed by atoms with Gasteiger partial charge in [-0.3, -0.25) is 4.98 Å². The molecule has 0 saturated carbocycles. The van der Waals surface area contributed by atoms with Crippen LogP contribution in [0.2, 0.25) is 0 Å². The maximum atomic E-state index is 6.11. The predicted octanol–water partition coefficient (Wildman–Crippen LogP) is 2.06. The van der Waals surface area contributed by atoms with Gasteiger partial charge in [-0.05, 0) is 36.7 Å². The first-order valence-corrected chi connectivity index (χ1v) is 7.79. The SMILES string of the molecule is CCN1CCc2cc(N)c(OCc3ccccn3)nc2CC1. The van der Waals surface area contributed by atoms with E-state index in [0.717, 1.165) is 43.9 Å². The maximum Gasteiger partial charge on any atom is 0.237 e. The fraction of sp³-hybridized carbons (Fsp3) is 0.412. The van der Waals surface area contributed by atoms with Crippen LogP contribution in [0.1, 0.15) is 23.9 Å². The van der Waals surface area contributed by atoms with E-state index in [1.807, 2.05) is 24.3 Å². The average molecular weight is 298 g/mol. The first-order valence-electron chi connectivity index (χ1n) is 7.79. The van der Waals surface area contributed by atoms with Crippen LogP contribution in [0, 0.1) is 0 Å². The van der Waals surface area contributed by atoms with Gasteiger partial charge in [-0.15, -0.1) is 0 Å². The Balaban J connectivity index is 1.75. The summed E-state index contributed by atoms with van der Waals surface area (Å²) in [5, 5.41) is 0. The fourth-order valence-electron chi connectivity index (χ4n) is 2.74. The third kappa shape index (κ3) is 3.36. The first kappa shape index (κ1) is 14.8. The van der Waals surface area contributed by atoms with Crippen molar-refractivity contribution in [1.29, 1.82) is 0 Å². The number of ether oxygens (including phenoxy) is 1. The molecule has 1 aliphatic heterocycles. The molecule has 2 aromatic rings. The van der Waals surface area contributed by atoms with Crippen molar-refractivity contribution >= 4 is 5.69 Å². The molecule has 5 nitrogen and oxygen atoms in total. The van der Waals surface area contributed by atoms with Crippen molar-refractivity contribution < 1.29 is 4.74 Å². The molecule has 0 aromatic carbocycles. The molecule has 0 aliphatic carbocycles. The van der Waals surface area contributed by atoms with E-state index in [4.69, 9.17) is 10.5 Å². The predicted molar refractivity (Wildman–Crippen MR) is 86.7 cm³/mol. The second-order valence-electron chi connectivity index (χ2n) is 5.53. The number of fused-ring (bicyclic) bond motifs is 1. The zero-order valence-corrected chi connectivity index (χ0v) is 13.0. The second-order valence-corrected chi connectivity index (χ2v) is 5.53. The average Bonchev–Trinajstić information content (AvgIpc) is 2.75. The van der Waals surface area contributed by atoms with Crippen molar-refractivity contribution in [3.63, 3.8) is 0 Å². The standard InChI is InChI=1S/C17H22N4O/c1-2-21-9-6-13-11-15(18)17(20-16(13)7-10-21)22-12-14-5-3-4-8-19-14/h3-5,8,11H,2,6-7,9-10,12,18H2,1H3. The van der Waals surface area contributed by atoms with Crippen LogP contribution in [0.5, 0.6) is 5.88 Å². The molecule has 0 radical (unpaired) electrons. The number of hydrogen-bond acceptors (Lipinski definition) is 5. The number of nitrogen functional groups attached to an aromatic ring is 1. The Labute approximate surface area is 131 Å². The van der Waals surface area contributed by atoms with E-state index < -0.39 is 0 Å². The molecule has 0 spiro atoms. The lowest BCUT2D eigenvalue weighted by molar-refractivity contribution is 0.289. The van der Waals surface area contributed by atoms with Crippen LogP contribution in [0.4, 0.5) is 5.69 Å². The summed E-state index contributed by atoms with van der Waals surface area (Å²) in [5.74, 6) is 0.523. The van der Waals surface area contributed by atoms with Crippen molar-refractivity contribution in [1.82, 2.24) is 14.9 Å². The summed E-state index contributed by atoms with van der Waals surface area (Å²) in [6.07, 6.45) is 3.70. The number of likely N-dealkylation sites (N-methyl/N-ethyl adjacent to an activating group) is 1. The van der Waals surface area contributed by atoms with Crippen molar-refractivity contribution in [2.24, 2.45) is 0 Å². The monoisotopic (exact) mass is 298 g/mol. The number of nitrogens with two attached hydrogens (primary N) is 1. The summed E-state index contributed by atoms with van der Waals surface area (Å²) < 4.78 is 5.77. The molecule has 0 fully saturated rings. The topological polar surface area (TPSA) is 64.3 Å². The van der Waals surface area contributed by atoms with Crippen LogP contribution >= 0.6 is 0 Å². The summed E-state index contributed by atoms with van der Waals surface area (Å²) in [7, 11) is 0. The van der Waals surface area contributed by atoms with Gasteiger partial charge in [-0.2, -0.15) is 0 Å². The minimum Gasteiger partial charge on any atom is -0.470 e. The minimum absolute atomic E-state index is 0.387. The Morgan fingerprint density at radius 3 is 2.91 bits per heavy atom. The Morgan fingerprint density at radius 1 is 1.27 bits per heavy atom. The van der Waals surface area contributed by atoms with E-state index in [9.17, 15) is 0 Å². The third-order valence-corrected chi connectivity index (χ3v) is 4.08. The van der Waals surface area contributed by atoms with Gasteiger partial charge in [-0.25, -0.2) is 4.98 Å². The molecule has 0 amide bonds. The molecule has 2 N–H and O–H groups in total. The van der Waals surface area contributed by atoms with Gasteiger partial charge < -0.3 is 15.4 Å². The first-order chi connectivity index (χ1) is 10.8. The lowest BCUT2D eigenvalue weighted by Gasteiger charge is -2.15. The van der Waals surface area contributed by atoms with E-state index in [1.54, 1.807) is 6.20 Å². The maximum absolute atomic E-state index is 6.11. The summed E-state index contributed by atoms with van der Waals surface area (Å²) in [5.41, 5.74) is 9.95. The van der Waals surface area contributed by atoms with Crippen molar-refractivity contribution in [2.75, 3.05) is 25.4 Å². The molecule has 5 heteroatoms. The minimum atomic E-state index is 0.387. The molecule has 22 heavy (non-hydrogen) atoms. The van der Waals surface area contributed by atoms with Crippen LogP contribution in [0.3, 0.4) is 0 Å². The molecule has 0 atom stereocenters. The number of aromatic nitrogens is 2. The number of rotatable bonds is 4. The quantitative estimate of drug-likeness (QED) is 0.936. The van der Waals surface area contributed by atoms with E-state index >= 15 is 0 Å². The zero-order chi connectivity index (χ0) is 15.4. The van der Waals surface area contributed by atoms with Crippen molar-refractivity contribution in [2.45, 2.75) is 26.4 Å². The van der Waals surface area contributed by atoms with Crippen LogP contribution in [0.15, 0.2) is 30.5 Å². The largest absolute Gasteiger partial charge is 0.470 e. The number of pyridine rings is 2. The molecule has 0 unspecified atom stereocenters. The molecule has 3 heterocycles. The second kappa shape index (κ2) is 6.75. The normalized spacial score (nSPS) is 15.1. The van der Waals surface area contributed by atoms with Gasteiger partial charge in [0.15, 0.2) is 0 Å². The Hall–Kier alpha value is -2.14. The molecular weight excluding hydrogens is 276 g/mol. The lowest BCUT2D eigenvalue weighted by Crippen LogP contribution is -2.25. The van der Waals surface area contributed by atoms with Crippen molar-refractivity contribution in [3.05, 3.63) is 47.4 Å². The van der Waals surface area contributed by atoms with E-state index in [-0.39, 0.29) is 0 Å². The van der Waals surface area contributed by atoms with Gasteiger partial charge in [0.1, 0.15) is 6.61 Å². The highest BCUT2D eigenvalue weighted by Crippen LogP contribution is 2.25. The summed E-state index contributed by atoms with van der Waals surface area (Å²) in [4.78, 5) is 11.3. The van der Waals surface area contributed by atoms with E-state index in [0.29, 0.717) is 18.2 Å². The highest BCUT2D eigenvalue weighted by atomic mass is 16.5. The van der Waals surface area contributed by atoms with Crippen LogP contribution in [-0.4, -0.2) is 34.5 Å². The highest BCUT2D eigenvalue weighted by molar-refractivity contribution is 5.51. The molecule has 1 aliphatic rings. The summed E-state index contributed by atoms with van der Waals surface area (Å²) >= 11 is 0. The molecule has 3 rings (SSSR count). The van der Waals surface area contributed by atoms with Gasteiger partial charge in [0.2, 0.25) is 5.88 Å². The van der Waals surface area contributed by atoms with Crippen LogP contribution in [0.25, 0.3) is 0 Å². The summed E-state index contributed by atoms with van der Waals surface area (Å²) in [6.45, 7) is 5.77. The van der Waals surface area contributed by atoms with Gasteiger partial charge in [0.25, 0.3) is 0 Å². The van der Waals surface area contributed by atoms with Crippen molar-refractivity contribution in [3.8, 4) is 5.88 Å². The highest BCUT2D eigenvalue weighted by Gasteiger charge is 2.16.